The minimum atomic E-state index is 0.260. The molecular formula is C8H8N3O-. The Labute approximate surface area is 69.9 Å². The van der Waals surface area contributed by atoms with E-state index in [1.807, 2.05) is 18.2 Å². The molecule has 4 heteroatoms. The van der Waals surface area contributed by atoms with Gasteiger partial charge in [0.05, 0.1) is 12.3 Å². The van der Waals surface area contributed by atoms with Gasteiger partial charge in [-0.2, -0.15) is 5.10 Å². The normalized spacial score (nSPS) is 18.4. The molecule has 2 rings (SSSR count). The van der Waals surface area contributed by atoms with Crippen molar-refractivity contribution < 1.29 is 0 Å². The molecular weight excluding hydrogens is 154 g/mol. The van der Waals surface area contributed by atoms with Crippen molar-refractivity contribution in [2.24, 2.45) is 10.9 Å². The molecule has 0 amide bonds. The molecule has 0 bridgehead atoms. The van der Waals surface area contributed by atoms with E-state index in [1.165, 1.54) is 0 Å². The zero-order chi connectivity index (χ0) is 8.55. The number of hydroxylamine groups is 1. The Morgan fingerprint density at radius 3 is 2.92 bits per heavy atom. The summed E-state index contributed by atoms with van der Waals surface area (Å²) in [5.74, 6) is 5.13. The first-order valence-electron chi connectivity index (χ1n) is 3.64. The molecule has 1 aromatic carbocycles. The molecule has 0 atom stereocenters. The fraction of sp³-hybridized carbons (Fsp3) is 0.125. The molecule has 0 saturated heterocycles. The Kier molecular flexibility index (Phi) is 1.48. The van der Waals surface area contributed by atoms with E-state index in [4.69, 9.17) is 5.84 Å². The quantitative estimate of drug-likeness (QED) is 0.450. The maximum absolute atomic E-state index is 11.2. The van der Waals surface area contributed by atoms with Gasteiger partial charge in [-0.15, -0.1) is 0 Å². The van der Waals surface area contributed by atoms with Gasteiger partial charge in [-0.05, 0) is 6.07 Å². The summed E-state index contributed by atoms with van der Waals surface area (Å²) in [6.45, 7) is 0.260. The van der Waals surface area contributed by atoms with E-state index in [2.05, 4.69) is 5.10 Å². The lowest BCUT2D eigenvalue weighted by Gasteiger charge is -2.23. The molecule has 0 aromatic heterocycles. The minimum Gasteiger partial charge on any atom is -0.758 e. The lowest BCUT2D eigenvalue weighted by Crippen LogP contribution is -2.15. The van der Waals surface area contributed by atoms with Gasteiger partial charge in [-0.25, -0.2) is 0 Å². The highest BCUT2D eigenvalue weighted by atomic mass is 16.5. The van der Waals surface area contributed by atoms with Gasteiger partial charge in [0.15, 0.2) is 0 Å². The van der Waals surface area contributed by atoms with Gasteiger partial charge in [-0.3, -0.25) is 0 Å². The summed E-state index contributed by atoms with van der Waals surface area (Å²) < 4.78 is 0. The van der Waals surface area contributed by atoms with Crippen molar-refractivity contribution in [2.45, 2.75) is 0 Å². The van der Waals surface area contributed by atoms with Crippen LogP contribution >= 0.6 is 0 Å². The molecule has 1 heterocycles. The molecule has 1 aliphatic rings. The topological polar surface area (TPSA) is 64.7 Å². The van der Waals surface area contributed by atoms with E-state index >= 15 is 0 Å². The first kappa shape index (κ1) is 7.12. The summed E-state index contributed by atoms with van der Waals surface area (Å²) in [5, 5.41) is 15.7. The van der Waals surface area contributed by atoms with Gasteiger partial charge in [0.2, 0.25) is 0 Å². The second kappa shape index (κ2) is 2.49. The number of para-hydroxylation sites is 1. The number of hydrogen-bond donors (Lipinski definition) is 1. The van der Waals surface area contributed by atoms with Crippen molar-refractivity contribution in [2.75, 3.05) is 11.6 Å². The molecule has 12 heavy (non-hydrogen) atoms. The van der Waals surface area contributed by atoms with Crippen LogP contribution in [0.15, 0.2) is 29.4 Å². The number of anilines is 1. The highest BCUT2D eigenvalue weighted by Crippen LogP contribution is 2.26. The SMILES string of the molecule is NN=C1CN([O-])c2ccccc21. The molecule has 2 N–H and O–H groups in total. The molecule has 0 saturated carbocycles. The zero-order valence-electron chi connectivity index (χ0n) is 6.40. The fourth-order valence-electron chi connectivity index (χ4n) is 1.35. The van der Waals surface area contributed by atoms with Crippen molar-refractivity contribution in [3.8, 4) is 0 Å². The standard InChI is InChI=1S/C8H8N3O/c9-10-7-5-11(12)8-4-2-1-3-6(7)8/h1-4H,5,9H2/q-1. The smallest absolute Gasteiger partial charge is 0.0878 e. The van der Waals surface area contributed by atoms with Crippen molar-refractivity contribution >= 4 is 11.4 Å². The van der Waals surface area contributed by atoms with Crippen LogP contribution in [0.1, 0.15) is 5.56 Å². The number of rotatable bonds is 0. The maximum Gasteiger partial charge on any atom is 0.0878 e. The van der Waals surface area contributed by atoms with Crippen LogP contribution in [0.4, 0.5) is 5.69 Å². The molecule has 0 aliphatic carbocycles. The number of hydrazone groups is 1. The maximum atomic E-state index is 11.2. The van der Waals surface area contributed by atoms with Crippen LogP contribution < -0.4 is 10.9 Å². The van der Waals surface area contributed by atoms with Crippen molar-refractivity contribution in [3.63, 3.8) is 0 Å². The third-order valence-electron chi connectivity index (χ3n) is 1.93. The summed E-state index contributed by atoms with van der Waals surface area (Å²) in [6.07, 6.45) is 0. The predicted molar refractivity (Wildman–Crippen MR) is 47.9 cm³/mol. The molecule has 0 spiro atoms. The van der Waals surface area contributed by atoms with Crippen molar-refractivity contribution in [1.82, 2.24) is 0 Å². The number of nitrogens with zero attached hydrogens (tertiary/aromatic N) is 2. The fourth-order valence-corrected chi connectivity index (χ4v) is 1.35. The van der Waals surface area contributed by atoms with Crippen LogP contribution in [-0.4, -0.2) is 12.3 Å². The third-order valence-corrected chi connectivity index (χ3v) is 1.93. The Morgan fingerprint density at radius 2 is 2.17 bits per heavy atom. The van der Waals surface area contributed by atoms with Crippen LogP contribution in [0, 0.1) is 5.21 Å². The van der Waals surface area contributed by atoms with Gasteiger partial charge >= 0.3 is 0 Å². The average molecular weight is 162 g/mol. The van der Waals surface area contributed by atoms with Crippen molar-refractivity contribution in [3.05, 3.63) is 35.0 Å². The number of hydrogen-bond acceptors (Lipinski definition) is 4. The monoisotopic (exact) mass is 162 g/mol. The summed E-state index contributed by atoms with van der Waals surface area (Å²) in [5.41, 5.74) is 2.15. The highest BCUT2D eigenvalue weighted by Gasteiger charge is 2.17. The minimum absolute atomic E-state index is 0.260. The Hall–Kier alpha value is -1.55. The number of benzene rings is 1. The third kappa shape index (κ3) is 0.853. The van der Waals surface area contributed by atoms with Crippen LogP contribution in [0.2, 0.25) is 0 Å². The van der Waals surface area contributed by atoms with E-state index in [9.17, 15) is 5.21 Å². The van der Waals surface area contributed by atoms with E-state index in [0.717, 1.165) is 10.6 Å². The van der Waals surface area contributed by atoms with Gasteiger partial charge in [-0.1, -0.05) is 18.2 Å². The van der Waals surface area contributed by atoms with E-state index in [0.29, 0.717) is 11.4 Å². The van der Waals surface area contributed by atoms with Crippen molar-refractivity contribution in [1.29, 1.82) is 0 Å². The van der Waals surface area contributed by atoms with Crippen LogP contribution in [-0.2, 0) is 0 Å². The molecule has 0 unspecified atom stereocenters. The summed E-state index contributed by atoms with van der Waals surface area (Å²) >= 11 is 0. The molecule has 0 radical (unpaired) electrons. The second-order valence-electron chi connectivity index (χ2n) is 2.63. The van der Waals surface area contributed by atoms with Crippen LogP contribution in [0.5, 0.6) is 0 Å². The first-order chi connectivity index (χ1) is 5.83. The summed E-state index contributed by atoms with van der Waals surface area (Å²) in [4.78, 5) is 0. The predicted octanol–water partition coefficient (Wildman–Crippen LogP) is 0.667. The van der Waals surface area contributed by atoms with Gasteiger partial charge in [0.25, 0.3) is 0 Å². The second-order valence-corrected chi connectivity index (χ2v) is 2.63. The van der Waals surface area contributed by atoms with Gasteiger partial charge < -0.3 is 16.1 Å². The highest BCUT2D eigenvalue weighted by molar-refractivity contribution is 6.11. The number of fused-ring (bicyclic) bond motifs is 1. The summed E-state index contributed by atoms with van der Waals surface area (Å²) in [6, 6.07) is 7.30. The zero-order valence-corrected chi connectivity index (χ0v) is 6.40. The van der Waals surface area contributed by atoms with Gasteiger partial charge in [0.1, 0.15) is 0 Å². The Bertz CT molecular complexity index is 335. The van der Waals surface area contributed by atoms with E-state index in [-0.39, 0.29) is 6.54 Å². The van der Waals surface area contributed by atoms with Crippen LogP contribution in [0.3, 0.4) is 0 Å². The molecule has 4 nitrogen and oxygen atoms in total. The molecule has 1 aromatic rings. The molecule has 0 fully saturated rings. The lowest BCUT2D eigenvalue weighted by atomic mass is 10.1. The molecule has 1 aliphatic heterocycles. The Morgan fingerprint density at radius 1 is 1.42 bits per heavy atom. The largest absolute Gasteiger partial charge is 0.758 e. The average Bonchev–Trinajstić information content (AvgIpc) is 2.44. The molecule has 62 valence electrons. The number of nitrogens with two attached hydrogens (primary N) is 1. The Balaban J connectivity index is 2.57. The van der Waals surface area contributed by atoms with E-state index in [1.54, 1.807) is 6.07 Å². The lowest BCUT2D eigenvalue weighted by molar-refractivity contribution is 1.15. The van der Waals surface area contributed by atoms with E-state index < -0.39 is 0 Å². The van der Waals surface area contributed by atoms with Gasteiger partial charge in [0, 0.05) is 11.3 Å². The summed E-state index contributed by atoms with van der Waals surface area (Å²) in [7, 11) is 0. The first-order valence-corrected chi connectivity index (χ1v) is 3.64. The van der Waals surface area contributed by atoms with Crippen LogP contribution in [0.25, 0.3) is 0 Å².